The third kappa shape index (κ3) is 4.09. The van der Waals surface area contributed by atoms with E-state index in [9.17, 15) is 13.6 Å². The molecule has 7 heteroatoms. The molecule has 0 bridgehead atoms. The summed E-state index contributed by atoms with van der Waals surface area (Å²) in [4.78, 5) is 17.8. The van der Waals surface area contributed by atoms with Crippen LogP contribution in [-0.4, -0.2) is 40.5 Å². The molecule has 1 saturated heterocycles. The van der Waals surface area contributed by atoms with Gasteiger partial charge >= 0.3 is 0 Å². The third-order valence-corrected chi connectivity index (χ3v) is 6.78. The van der Waals surface area contributed by atoms with Gasteiger partial charge in [-0.15, -0.1) is 0 Å². The third-order valence-electron chi connectivity index (χ3n) is 6.49. The van der Waals surface area contributed by atoms with Gasteiger partial charge in [-0.25, -0.2) is 8.78 Å². The lowest BCUT2D eigenvalue weighted by atomic mass is 10.0. The highest BCUT2D eigenvalue weighted by atomic mass is 35.5. The quantitative estimate of drug-likeness (QED) is 0.523. The van der Waals surface area contributed by atoms with Crippen molar-refractivity contribution < 1.29 is 8.78 Å². The van der Waals surface area contributed by atoms with E-state index in [1.54, 1.807) is 24.4 Å². The van der Waals surface area contributed by atoms with E-state index in [1.807, 2.05) is 0 Å². The van der Waals surface area contributed by atoms with E-state index in [4.69, 9.17) is 11.6 Å². The molecule has 1 fully saturated rings. The maximum Gasteiger partial charge on any atom is 0.194 e. The summed E-state index contributed by atoms with van der Waals surface area (Å²) in [6.45, 7) is 2.09. The molecule has 0 spiro atoms. The lowest BCUT2D eigenvalue weighted by Crippen LogP contribution is -2.31. The van der Waals surface area contributed by atoms with Gasteiger partial charge in [0.15, 0.2) is 5.43 Å². The zero-order valence-electron chi connectivity index (χ0n) is 18.3. The van der Waals surface area contributed by atoms with Crippen molar-refractivity contribution in [3.05, 3.63) is 99.0 Å². The van der Waals surface area contributed by atoms with Gasteiger partial charge in [-0.3, -0.25) is 9.69 Å². The normalized spacial score (nSPS) is 18.8. The number of aromatic nitrogens is 1. The molecule has 1 aromatic heterocycles. The molecule has 0 N–H and O–H groups in total. The van der Waals surface area contributed by atoms with Crippen molar-refractivity contribution in [1.29, 1.82) is 0 Å². The van der Waals surface area contributed by atoms with Crippen molar-refractivity contribution in [3.63, 3.8) is 0 Å². The molecule has 3 heterocycles. The minimum Gasteiger partial charge on any atom is -0.369 e. The zero-order chi connectivity index (χ0) is 23.1. The van der Waals surface area contributed by atoms with E-state index in [0.717, 1.165) is 13.0 Å². The number of benzene rings is 2. The van der Waals surface area contributed by atoms with Crippen molar-refractivity contribution >= 4 is 22.5 Å². The predicted octanol–water partition coefficient (Wildman–Crippen LogP) is 5.27. The minimum absolute atomic E-state index is 0.135. The SMILES string of the molecule is CN1CCCC1C1=CN(Cc2cn(-c3ccccc3F)c3cc(F)c(Cl)cc3c2=O)CC=C1. The number of hydrogen-bond acceptors (Lipinski definition) is 3. The maximum absolute atomic E-state index is 14.7. The van der Waals surface area contributed by atoms with Gasteiger partial charge in [-0.05, 0) is 50.2 Å². The predicted molar refractivity (Wildman–Crippen MR) is 128 cm³/mol. The van der Waals surface area contributed by atoms with Crippen LogP contribution in [0.3, 0.4) is 0 Å². The monoisotopic (exact) mass is 467 g/mol. The average Bonchev–Trinajstić information content (AvgIpc) is 3.24. The fraction of sp³-hybridized carbons (Fsp3) is 0.269. The standard InChI is InChI=1S/C26H24ClF2N3O/c1-30-10-5-9-23(30)17-6-4-11-31(14-17)15-18-16-32(24-8-3-2-7-21(24)28)25-13-22(29)20(27)12-19(25)26(18)33/h2-4,6-8,12-14,16,23H,5,9-11,15H2,1H3. The van der Waals surface area contributed by atoms with Crippen molar-refractivity contribution in [3.8, 4) is 5.69 Å². The Kier molecular flexibility index (Phi) is 5.81. The summed E-state index contributed by atoms with van der Waals surface area (Å²) in [6, 6.07) is 9.14. The van der Waals surface area contributed by atoms with Gasteiger partial charge in [-0.2, -0.15) is 0 Å². The molecule has 33 heavy (non-hydrogen) atoms. The molecule has 0 aliphatic carbocycles. The zero-order valence-corrected chi connectivity index (χ0v) is 19.0. The van der Waals surface area contributed by atoms with Gasteiger partial charge in [-0.1, -0.05) is 35.9 Å². The van der Waals surface area contributed by atoms with E-state index in [2.05, 4.69) is 35.2 Å². The summed E-state index contributed by atoms with van der Waals surface area (Å²) in [5.41, 5.74) is 1.99. The van der Waals surface area contributed by atoms with Crippen LogP contribution in [0.4, 0.5) is 8.78 Å². The van der Waals surface area contributed by atoms with Gasteiger partial charge in [0.25, 0.3) is 0 Å². The lowest BCUT2D eigenvalue weighted by Gasteiger charge is -2.28. The highest BCUT2D eigenvalue weighted by molar-refractivity contribution is 6.31. The first-order valence-electron chi connectivity index (χ1n) is 11.0. The Morgan fingerprint density at radius 1 is 1.15 bits per heavy atom. The Balaban J connectivity index is 1.60. The van der Waals surface area contributed by atoms with E-state index >= 15 is 0 Å². The van der Waals surface area contributed by atoms with E-state index in [1.165, 1.54) is 34.8 Å². The topological polar surface area (TPSA) is 28.5 Å². The molecular weight excluding hydrogens is 444 g/mol. The fourth-order valence-electron chi connectivity index (χ4n) is 4.82. The number of nitrogens with zero attached hydrogens (tertiary/aromatic N) is 3. The molecule has 5 rings (SSSR count). The lowest BCUT2D eigenvalue weighted by molar-refractivity contribution is 0.334. The number of hydrogen-bond donors (Lipinski definition) is 0. The molecule has 0 saturated carbocycles. The molecule has 170 valence electrons. The number of likely N-dealkylation sites (N-methyl/N-ethyl adjacent to an activating group) is 1. The van der Waals surface area contributed by atoms with E-state index < -0.39 is 11.6 Å². The van der Waals surface area contributed by atoms with Crippen LogP contribution >= 0.6 is 11.6 Å². The number of para-hydroxylation sites is 1. The molecule has 2 aliphatic heterocycles. The molecule has 3 aromatic rings. The first kappa shape index (κ1) is 21.9. The second kappa shape index (κ2) is 8.76. The van der Waals surface area contributed by atoms with Crippen molar-refractivity contribution in [2.75, 3.05) is 20.1 Å². The Morgan fingerprint density at radius 3 is 2.73 bits per heavy atom. The Hall–Kier alpha value is -2.96. The fourth-order valence-corrected chi connectivity index (χ4v) is 4.99. The van der Waals surface area contributed by atoms with Gasteiger partial charge < -0.3 is 9.47 Å². The summed E-state index contributed by atoms with van der Waals surface area (Å²) in [5.74, 6) is -1.12. The summed E-state index contributed by atoms with van der Waals surface area (Å²) in [7, 11) is 2.13. The number of likely N-dealkylation sites (tertiary alicyclic amines) is 1. The maximum atomic E-state index is 14.7. The first-order chi connectivity index (χ1) is 15.9. The summed E-state index contributed by atoms with van der Waals surface area (Å²) in [6.07, 6.45) is 10.3. The van der Waals surface area contributed by atoms with Crippen LogP contribution in [0.1, 0.15) is 18.4 Å². The largest absolute Gasteiger partial charge is 0.369 e. The average molecular weight is 468 g/mol. The van der Waals surface area contributed by atoms with Crippen LogP contribution in [0, 0.1) is 11.6 Å². The van der Waals surface area contributed by atoms with Crippen LogP contribution in [-0.2, 0) is 6.54 Å². The van der Waals surface area contributed by atoms with E-state index in [-0.39, 0.29) is 27.0 Å². The van der Waals surface area contributed by atoms with Crippen LogP contribution in [0.2, 0.25) is 5.02 Å². The summed E-state index contributed by atoms with van der Waals surface area (Å²) >= 11 is 6.01. The minimum atomic E-state index is -0.657. The van der Waals surface area contributed by atoms with Crippen molar-refractivity contribution in [2.24, 2.45) is 0 Å². The molecule has 0 radical (unpaired) electrons. The summed E-state index contributed by atoms with van der Waals surface area (Å²) < 4.78 is 30.5. The molecule has 2 aromatic carbocycles. The number of pyridine rings is 1. The van der Waals surface area contributed by atoms with Crippen LogP contribution in [0.5, 0.6) is 0 Å². The van der Waals surface area contributed by atoms with Crippen LogP contribution < -0.4 is 5.43 Å². The Bertz CT molecular complexity index is 1350. The molecule has 0 amide bonds. The highest BCUT2D eigenvalue weighted by Crippen LogP contribution is 2.27. The first-order valence-corrected chi connectivity index (χ1v) is 11.4. The second-order valence-electron chi connectivity index (χ2n) is 8.69. The summed E-state index contributed by atoms with van der Waals surface area (Å²) in [5, 5.41) is 0.124. The molecule has 1 atom stereocenters. The van der Waals surface area contributed by atoms with Gasteiger partial charge in [0.2, 0.25) is 0 Å². The van der Waals surface area contributed by atoms with Crippen molar-refractivity contribution in [2.45, 2.75) is 25.4 Å². The Labute approximate surface area is 196 Å². The van der Waals surface area contributed by atoms with Crippen LogP contribution in [0.25, 0.3) is 16.6 Å². The smallest absolute Gasteiger partial charge is 0.194 e. The van der Waals surface area contributed by atoms with Gasteiger partial charge in [0, 0.05) is 48.5 Å². The molecular formula is C26H24ClF2N3O. The molecule has 1 unspecified atom stereocenters. The van der Waals surface area contributed by atoms with Gasteiger partial charge in [0.1, 0.15) is 11.6 Å². The molecule has 2 aliphatic rings. The Morgan fingerprint density at radius 2 is 1.97 bits per heavy atom. The number of rotatable bonds is 4. The van der Waals surface area contributed by atoms with Gasteiger partial charge in [0.05, 0.1) is 16.2 Å². The number of fused-ring (bicyclic) bond motifs is 1. The van der Waals surface area contributed by atoms with Crippen molar-refractivity contribution in [1.82, 2.24) is 14.4 Å². The molecule has 4 nitrogen and oxygen atoms in total. The van der Waals surface area contributed by atoms with Crippen LogP contribution in [0.15, 0.2) is 71.3 Å². The number of halogens is 3. The van der Waals surface area contributed by atoms with E-state index in [0.29, 0.717) is 24.7 Å². The highest BCUT2D eigenvalue weighted by Gasteiger charge is 2.25. The second-order valence-corrected chi connectivity index (χ2v) is 9.10.